The number of rotatable bonds is 2. The molecule has 0 spiro atoms. The summed E-state index contributed by atoms with van der Waals surface area (Å²) in [4.78, 5) is 10.8. The predicted octanol–water partition coefficient (Wildman–Crippen LogP) is 2.06. The van der Waals surface area contributed by atoms with Gasteiger partial charge in [0.25, 0.3) is 10.1 Å². The first kappa shape index (κ1) is 14.3. The zero-order chi connectivity index (χ0) is 15.1. The summed E-state index contributed by atoms with van der Waals surface area (Å²) in [5, 5.41) is 13.1. The number of amides is 1. The smallest absolute Gasteiger partial charge is 0.294 e. The van der Waals surface area contributed by atoms with Crippen molar-refractivity contribution < 1.29 is 22.9 Å². The lowest BCUT2D eigenvalue weighted by Crippen LogP contribution is -2.08. The highest BCUT2D eigenvalue weighted by atomic mass is 32.2. The van der Waals surface area contributed by atoms with Gasteiger partial charge in [-0.1, -0.05) is 6.07 Å². The number of carbonyl (C=O) groups is 1. The Bertz CT molecular complexity index is 811. The number of hydrogen-bond donors (Lipinski definition) is 3. The minimum absolute atomic E-state index is 0.0781. The lowest BCUT2D eigenvalue weighted by Gasteiger charge is -2.11. The summed E-state index contributed by atoms with van der Waals surface area (Å²) in [7, 11) is -4.41. The molecule has 6 nitrogen and oxygen atoms in total. The van der Waals surface area contributed by atoms with Crippen LogP contribution in [0.25, 0.3) is 10.8 Å². The van der Waals surface area contributed by atoms with Crippen LogP contribution in [0.2, 0.25) is 0 Å². The van der Waals surface area contributed by atoms with Crippen molar-refractivity contribution in [2.75, 3.05) is 5.32 Å². The quantitative estimate of drug-likeness (QED) is 0.736. The van der Waals surface area contributed by atoms with E-state index in [-0.39, 0.29) is 16.3 Å². The molecule has 0 fully saturated rings. The van der Waals surface area contributed by atoms with Crippen molar-refractivity contribution in [2.24, 2.45) is 0 Å². The van der Waals surface area contributed by atoms with Crippen molar-refractivity contribution in [2.45, 2.75) is 18.7 Å². The highest BCUT2D eigenvalue weighted by molar-refractivity contribution is 7.85. The molecule has 0 aliphatic heterocycles. The van der Waals surface area contributed by atoms with E-state index in [1.54, 1.807) is 13.0 Å². The molecule has 0 atom stereocenters. The molecule has 2 aromatic rings. The molecule has 106 valence electrons. The fourth-order valence-corrected chi connectivity index (χ4v) is 2.59. The SMILES string of the molecule is CC(=O)Nc1cc(S(=O)(=O)O)cc2cc(C)cc(O)c12. The summed E-state index contributed by atoms with van der Waals surface area (Å²) < 4.78 is 31.7. The lowest BCUT2D eigenvalue weighted by atomic mass is 10.0. The molecule has 0 aromatic heterocycles. The molecule has 0 radical (unpaired) electrons. The summed E-state index contributed by atoms with van der Waals surface area (Å²) in [5.74, 6) is -0.496. The van der Waals surface area contributed by atoms with Gasteiger partial charge in [0.05, 0.1) is 10.6 Å². The highest BCUT2D eigenvalue weighted by Gasteiger charge is 2.16. The number of aryl methyl sites for hydroxylation is 1. The summed E-state index contributed by atoms with van der Waals surface area (Å²) in [6.07, 6.45) is 0. The number of fused-ring (bicyclic) bond motifs is 1. The van der Waals surface area contributed by atoms with Crippen LogP contribution in [0.15, 0.2) is 29.2 Å². The molecule has 0 saturated heterocycles. The van der Waals surface area contributed by atoms with Crippen molar-refractivity contribution in [1.29, 1.82) is 0 Å². The van der Waals surface area contributed by atoms with Gasteiger partial charge in [0.2, 0.25) is 5.91 Å². The number of phenolic OH excluding ortho intramolecular Hbond substituents is 1. The number of carbonyl (C=O) groups excluding carboxylic acids is 1. The van der Waals surface area contributed by atoms with E-state index in [0.717, 1.165) is 11.6 Å². The number of phenols is 1. The Morgan fingerprint density at radius 3 is 2.40 bits per heavy atom. The van der Waals surface area contributed by atoms with Crippen molar-refractivity contribution in [3.05, 3.63) is 29.8 Å². The number of nitrogens with one attached hydrogen (secondary N) is 1. The van der Waals surface area contributed by atoms with Crippen LogP contribution < -0.4 is 5.32 Å². The van der Waals surface area contributed by atoms with E-state index in [9.17, 15) is 18.3 Å². The molecular weight excluding hydrogens is 282 g/mol. The molecule has 0 saturated carbocycles. The van der Waals surface area contributed by atoms with Crippen LogP contribution in [0.4, 0.5) is 5.69 Å². The Balaban J connectivity index is 2.88. The first-order valence-corrected chi connectivity index (χ1v) is 7.15. The molecule has 0 bridgehead atoms. The molecule has 0 aliphatic carbocycles. The van der Waals surface area contributed by atoms with Gasteiger partial charge in [-0.25, -0.2) is 0 Å². The standard InChI is InChI=1S/C13H13NO5S/c1-7-3-9-5-10(20(17,18)19)6-11(14-8(2)15)13(9)12(16)4-7/h3-6,16H,1-2H3,(H,14,15)(H,17,18,19). The molecule has 3 N–H and O–H groups in total. The number of anilines is 1. The van der Waals surface area contributed by atoms with Crippen LogP contribution in [0, 0.1) is 6.92 Å². The minimum Gasteiger partial charge on any atom is -0.507 e. The molecule has 2 rings (SSSR count). The molecule has 20 heavy (non-hydrogen) atoms. The molecule has 0 unspecified atom stereocenters. The zero-order valence-electron chi connectivity index (χ0n) is 10.8. The predicted molar refractivity (Wildman–Crippen MR) is 74.5 cm³/mol. The van der Waals surface area contributed by atoms with Crippen LogP contribution in [0.1, 0.15) is 12.5 Å². The van der Waals surface area contributed by atoms with Crippen molar-refractivity contribution in [3.63, 3.8) is 0 Å². The van der Waals surface area contributed by atoms with E-state index in [4.69, 9.17) is 4.55 Å². The van der Waals surface area contributed by atoms with Gasteiger partial charge in [-0.2, -0.15) is 8.42 Å². The fourth-order valence-electron chi connectivity index (χ4n) is 2.05. The zero-order valence-corrected chi connectivity index (χ0v) is 11.7. The van der Waals surface area contributed by atoms with E-state index in [0.29, 0.717) is 10.8 Å². The molecule has 2 aromatic carbocycles. The molecule has 0 aliphatic rings. The average molecular weight is 295 g/mol. The van der Waals surface area contributed by atoms with Crippen molar-refractivity contribution in [1.82, 2.24) is 0 Å². The van der Waals surface area contributed by atoms with Gasteiger partial charge >= 0.3 is 0 Å². The Labute approximate surface area is 115 Å². The van der Waals surface area contributed by atoms with E-state index < -0.39 is 16.0 Å². The van der Waals surface area contributed by atoms with Crippen LogP contribution >= 0.6 is 0 Å². The van der Waals surface area contributed by atoms with Gasteiger partial charge in [-0.15, -0.1) is 0 Å². The third kappa shape index (κ3) is 2.73. The van der Waals surface area contributed by atoms with Gasteiger partial charge in [0.15, 0.2) is 0 Å². The third-order valence-electron chi connectivity index (χ3n) is 2.75. The molecular formula is C13H13NO5S. The van der Waals surface area contributed by atoms with Gasteiger partial charge < -0.3 is 10.4 Å². The van der Waals surface area contributed by atoms with Crippen LogP contribution in [-0.2, 0) is 14.9 Å². The maximum Gasteiger partial charge on any atom is 0.294 e. The average Bonchev–Trinajstić information content (AvgIpc) is 2.24. The van der Waals surface area contributed by atoms with Crippen LogP contribution in [0.5, 0.6) is 5.75 Å². The monoisotopic (exact) mass is 295 g/mol. The Hall–Kier alpha value is -2.12. The van der Waals surface area contributed by atoms with E-state index in [1.807, 2.05) is 0 Å². The number of aromatic hydroxyl groups is 1. The Morgan fingerprint density at radius 2 is 1.85 bits per heavy atom. The third-order valence-corrected chi connectivity index (χ3v) is 3.59. The second-order valence-corrected chi connectivity index (χ2v) is 5.93. The van der Waals surface area contributed by atoms with Gasteiger partial charge in [-0.3, -0.25) is 9.35 Å². The highest BCUT2D eigenvalue weighted by Crippen LogP contribution is 2.35. The number of benzene rings is 2. The lowest BCUT2D eigenvalue weighted by molar-refractivity contribution is -0.114. The van der Waals surface area contributed by atoms with E-state index in [2.05, 4.69) is 5.32 Å². The van der Waals surface area contributed by atoms with E-state index in [1.165, 1.54) is 19.1 Å². The molecule has 0 heterocycles. The first-order valence-electron chi connectivity index (χ1n) is 5.71. The summed E-state index contributed by atoms with van der Waals surface area (Å²) in [6, 6.07) is 5.49. The van der Waals surface area contributed by atoms with E-state index >= 15 is 0 Å². The Kier molecular flexibility index (Phi) is 3.41. The fraction of sp³-hybridized carbons (Fsp3) is 0.154. The van der Waals surface area contributed by atoms with Crippen LogP contribution in [0.3, 0.4) is 0 Å². The number of hydrogen-bond acceptors (Lipinski definition) is 4. The van der Waals surface area contributed by atoms with Gasteiger partial charge in [0, 0.05) is 12.3 Å². The summed E-state index contributed by atoms with van der Waals surface area (Å²) in [6.45, 7) is 2.99. The molecule has 7 heteroatoms. The van der Waals surface area contributed by atoms with Crippen molar-refractivity contribution >= 4 is 32.5 Å². The second-order valence-electron chi connectivity index (χ2n) is 4.51. The summed E-state index contributed by atoms with van der Waals surface area (Å²) >= 11 is 0. The summed E-state index contributed by atoms with van der Waals surface area (Å²) in [5.41, 5.74) is 0.844. The maximum atomic E-state index is 11.3. The second kappa shape index (κ2) is 4.77. The first-order chi connectivity index (χ1) is 9.18. The van der Waals surface area contributed by atoms with Crippen molar-refractivity contribution in [3.8, 4) is 5.75 Å². The Morgan fingerprint density at radius 1 is 1.20 bits per heavy atom. The van der Waals surface area contributed by atoms with Gasteiger partial charge in [0.1, 0.15) is 5.75 Å². The largest absolute Gasteiger partial charge is 0.507 e. The topological polar surface area (TPSA) is 104 Å². The normalized spacial score (nSPS) is 11.6. The van der Waals surface area contributed by atoms with Crippen LogP contribution in [-0.4, -0.2) is 24.0 Å². The van der Waals surface area contributed by atoms with Gasteiger partial charge in [-0.05, 0) is 36.1 Å². The minimum atomic E-state index is -4.41. The molecule has 1 amide bonds. The maximum absolute atomic E-state index is 11.3.